The molecule has 0 aromatic carbocycles. The van der Waals surface area contributed by atoms with Gasteiger partial charge in [0.15, 0.2) is 0 Å². The van der Waals surface area contributed by atoms with Gasteiger partial charge in [-0.2, -0.15) is 0 Å². The molecule has 5 heteroatoms. The number of carbonyl (C=O) groups excluding carboxylic acids is 1. The van der Waals surface area contributed by atoms with Crippen molar-refractivity contribution in [3.63, 3.8) is 0 Å². The second kappa shape index (κ2) is 40.1. The van der Waals surface area contributed by atoms with Crippen molar-refractivity contribution in [1.29, 1.82) is 0 Å². The highest BCUT2D eigenvalue weighted by Crippen LogP contribution is 2.17. The van der Waals surface area contributed by atoms with Crippen molar-refractivity contribution >= 4 is 5.91 Å². The van der Waals surface area contributed by atoms with Crippen molar-refractivity contribution in [3.8, 4) is 0 Å². The Balaban J connectivity index is 3.57. The van der Waals surface area contributed by atoms with Crippen LogP contribution in [0.4, 0.5) is 0 Å². The number of amides is 1. The van der Waals surface area contributed by atoms with Gasteiger partial charge in [-0.3, -0.25) is 4.79 Å². The summed E-state index contributed by atoms with van der Waals surface area (Å²) >= 11 is 0. The summed E-state index contributed by atoms with van der Waals surface area (Å²) in [6.45, 7) is 4.25. The minimum Gasteiger partial charge on any atom is -0.394 e. The zero-order valence-corrected chi connectivity index (χ0v) is 33.4. The Morgan fingerprint density at radius 3 is 0.918 bits per heavy atom. The minimum absolute atomic E-state index is 0.308. The van der Waals surface area contributed by atoms with E-state index in [-0.39, 0.29) is 6.61 Å². The Labute approximate surface area is 307 Å². The third-order valence-corrected chi connectivity index (χ3v) is 10.7. The number of hydrogen-bond acceptors (Lipinski definition) is 4. The summed E-state index contributed by atoms with van der Waals surface area (Å²) in [5.41, 5.74) is 0. The van der Waals surface area contributed by atoms with Gasteiger partial charge in [-0.1, -0.05) is 239 Å². The molecule has 0 aromatic heterocycles. The third kappa shape index (κ3) is 35.5. The molecule has 0 bridgehead atoms. The van der Waals surface area contributed by atoms with Crippen LogP contribution in [0.5, 0.6) is 0 Å². The first-order chi connectivity index (χ1) is 24.1. The highest BCUT2D eigenvalue weighted by Gasteiger charge is 2.23. The molecule has 0 aliphatic heterocycles. The first-order valence-electron chi connectivity index (χ1n) is 22.3. The van der Waals surface area contributed by atoms with Crippen LogP contribution in [-0.4, -0.2) is 46.1 Å². The molecule has 4 N–H and O–H groups in total. The number of unbranched alkanes of at least 4 members (excludes halogenated alkanes) is 33. The zero-order valence-electron chi connectivity index (χ0n) is 33.4. The summed E-state index contributed by atoms with van der Waals surface area (Å²) in [6, 6.07) is -0.705. The molecule has 0 spiro atoms. The highest BCUT2D eigenvalue weighted by molar-refractivity contribution is 5.80. The van der Waals surface area contributed by atoms with Crippen LogP contribution in [0.2, 0.25) is 0 Å². The molecule has 0 saturated carbocycles. The highest BCUT2D eigenvalue weighted by atomic mass is 16.3. The first-order valence-corrected chi connectivity index (χ1v) is 22.3. The van der Waals surface area contributed by atoms with Gasteiger partial charge in [-0.05, 0) is 12.8 Å². The van der Waals surface area contributed by atoms with Gasteiger partial charge >= 0.3 is 0 Å². The van der Waals surface area contributed by atoms with Crippen LogP contribution in [0.1, 0.15) is 251 Å². The number of rotatable bonds is 41. The second-order valence-electron chi connectivity index (χ2n) is 15.6. The van der Waals surface area contributed by atoms with Crippen LogP contribution < -0.4 is 5.32 Å². The maximum atomic E-state index is 12.5. The lowest BCUT2D eigenvalue weighted by Gasteiger charge is -2.23. The minimum atomic E-state index is -1.07. The van der Waals surface area contributed by atoms with Gasteiger partial charge in [-0.15, -0.1) is 0 Å². The maximum Gasteiger partial charge on any atom is 0.249 e. The lowest BCUT2D eigenvalue weighted by atomic mass is 10.0. The molecule has 1 amide bonds. The molecule has 49 heavy (non-hydrogen) atoms. The Morgan fingerprint density at radius 1 is 0.408 bits per heavy atom. The van der Waals surface area contributed by atoms with Crippen molar-refractivity contribution in [2.45, 2.75) is 270 Å². The standard InChI is InChI=1S/C44H89NO4/c1-3-5-7-9-11-13-15-17-19-21-22-23-25-27-29-31-33-35-37-39-43(48)44(49)45-41(40-46)42(47)38-36-34-32-30-28-26-24-20-18-16-14-12-10-8-6-4-2/h41-43,46-48H,3-40H2,1-2H3,(H,45,49). The van der Waals surface area contributed by atoms with Gasteiger partial charge in [0.25, 0.3) is 0 Å². The molecule has 0 saturated heterocycles. The van der Waals surface area contributed by atoms with Crippen molar-refractivity contribution in [2.24, 2.45) is 0 Å². The van der Waals surface area contributed by atoms with Crippen molar-refractivity contribution < 1.29 is 20.1 Å². The third-order valence-electron chi connectivity index (χ3n) is 10.7. The largest absolute Gasteiger partial charge is 0.394 e. The molecule has 5 nitrogen and oxygen atoms in total. The van der Waals surface area contributed by atoms with Gasteiger partial charge < -0.3 is 20.6 Å². The topological polar surface area (TPSA) is 89.8 Å². The first kappa shape index (κ1) is 48.3. The number of carbonyl (C=O) groups is 1. The molecule has 0 rings (SSSR count). The van der Waals surface area contributed by atoms with E-state index >= 15 is 0 Å². The molecule has 0 radical (unpaired) electrons. The Morgan fingerprint density at radius 2 is 0.653 bits per heavy atom. The molecule has 0 heterocycles. The van der Waals surface area contributed by atoms with E-state index in [0.717, 1.165) is 32.1 Å². The molecular weight excluding hydrogens is 606 g/mol. The second-order valence-corrected chi connectivity index (χ2v) is 15.6. The van der Waals surface area contributed by atoms with Crippen LogP contribution in [0.15, 0.2) is 0 Å². The molecule has 0 aliphatic carbocycles. The van der Waals surface area contributed by atoms with Crippen molar-refractivity contribution in [1.82, 2.24) is 5.32 Å². The summed E-state index contributed by atoms with van der Waals surface area (Å²) < 4.78 is 0. The van der Waals surface area contributed by atoms with E-state index < -0.39 is 24.2 Å². The molecular formula is C44H89NO4. The van der Waals surface area contributed by atoms with E-state index in [1.165, 1.54) is 193 Å². The van der Waals surface area contributed by atoms with Crippen molar-refractivity contribution in [2.75, 3.05) is 6.61 Å². The van der Waals surface area contributed by atoms with Crippen LogP contribution in [0.25, 0.3) is 0 Å². The molecule has 0 aliphatic rings. The average molecular weight is 696 g/mol. The summed E-state index contributed by atoms with van der Waals surface area (Å²) in [4.78, 5) is 12.5. The molecule has 0 fully saturated rings. The van der Waals surface area contributed by atoms with Gasteiger partial charge in [-0.25, -0.2) is 0 Å². The zero-order chi connectivity index (χ0) is 35.9. The van der Waals surface area contributed by atoms with E-state index in [1.807, 2.05) is 0 Å². The predicted molar refractivity (Wildman–Crippen MR) is 213 cm³/mol. The van der Waals surface area contributed by atoms with E-state index in [1.54, 1.807) is 0 Å². The smallest absolute Gasteiger partial charge is 0.249 e. The van der Waals surface area contributed by atoms with E-state index in [9.17, 15) is 20.1 Å². The van der Waals surface area contributed by atoms with Crippen molar-refractivity contribution in [3.05, 3.63) is 0 Å². The number of nitrogens with one attached hydrogen (secondary N) is 1. The van der Waals surface area contributed by atoms with Gasteiger partial charge in [0, 0.05) is 0 Å². The summed E-state index contributed by atoms with van der Waals surface area (Å²) in [6.07, 6.45) is 45.3. The predicted octanol–water partition coefficient (Wildman–Crippen LogP) is 12.7. The fourth-order valence-electron chi connectivity index (χ4n) is 7.19. The molecule has 3 unspecified atom stereocenters. The molecule has 3 atom stereocenters. The monoisotopic (exact) mass is 696 g/mol. The molecule has 294 valence electrons. The Hall–Kier alpha value is -0.650. The maximum absolute atomic E-state index is 12.5. The number of hydrogen-bond donors (Lipinski definition) is 4. The Bertz CT molecular complexity index is 644. The summed E-state index contributed by atoms with van der Waals surface area (Å²) in [5, 5.41) is 33.3. The van der Waals surface area contributed by atoms with E-state index in [0.29, 0.717) is 12.8 Å². The number of aliphatic hydroxyl groups is 3. The van der Waals surface area contributed by atoms with Gasteiger partial charge in [0.1, 0.15) is 6.10 Å². The van der Waals surface area contributed by atoms with E-state index in [4.69, 9.17) is 0 Å². The van der Waals surface area contributed by atoms with Crippen LogP contribution in [-0.2, 0) is 4.79 Å². The molecule has 0 aromatic rings. The quantitative estimate of drug-likeness (QED) is 0.0479. The van der Waals surface area contributed by atoms with E-state index in [2.05, 4.69) is 19.2 Å². The van der Waals surface area contributed by atoms with Gasteiger partial charge in [0.2, 0.25) is 5.91 Å². The fraction of sp³-hybridized carbons (Fsp3) is 0.977. The summed E-state index contributed by atoms with van der Waals surface area (Å²) in [5.74, 6) is -0.465. The van der Waals surface area contributed by atoms with Crippen LogP contribution in [0.3, 0.4) is 0 Å². The lowest BCUT2D eigenvalue weighted by Crippen LogP contribution is -2.49. The normalized spacial score (nSPS) is 13.5. The Kier molecular flexibility index (Phi) is 39.6. The summed E-state index contributed by atoms with van der Waals surface area (Å²) in [7, 11) is 0. The average Bonchev–Trinajstić information content (AvgIpc) is 3.11. The van der Waals surface area contributed by atoms with Crippen LogP contribution >= 0.6 is 0 Å². The van der Waals surface area contributed by atoms with Gasteiger partial charge in [0.05, 0.1) is 18.8 Å². The van der Waals surface area contributed by atoms with Crippen LogP contribution in [0, 0.1) is 0 Å². The lowest BCUT2D eigenvalue weighted by molar-refractivity contribution is -0.131. The fourth-order valence-corrected chi connectivity index (χ4v) is 7.19. The number of aliphatic hydroxyl groups excluding tert-OH is 3. The SMILES string of the molecule is CCCCCCCCCCCCCCCCCCCCCC(O)C(=O)NC(CO)C(O)CCCCCCCCCCCCCCCCCC.